The minimum absolute atomic E-state index is 0.0763. The molecule has 1 heterocycles. The molecule has 5 heteroatoms. The Morgan fingerprint density at radius 3 is 2.62 bits per heavy atom. The van der Waals surface area contributed by atoms with Gasteiger partial charge in [-0.3, -0.25) is 9.59 Å². The summed E-state index contributed by atoms with van der Waals surface area (Å²) in [6.07, 6.45) is -0.385. The Kier molecular flexibility index (Phi) is 2.45. The van der Waals surface area contributed by atoms with Crippen LogP contribution in [0, 0.1) is 17.3 Å². The molecule has 1 aliphatic heterocycles. The molecule has 0 amide bonds. The quantitative estimate of drug-likeness (QED) is 0.501. The lowest BCUT2D eigenvalue weighted by molar-refractivity contribution is -0.161. The van der Waals surface area contributed by atoms with E-state index in [1.807, 2.05) is 13.8 Å². The standard InChI is InChI=1S/C9H10O5.C2H6/c10-5-3-1-4-6(5)14-8(13)9(4,2-3)7(11)12;1-2/h3-6,10H,1-2H2,(H,11,12);1-2H3. The highest BCUT2D eigenvalue weighted by molar-refractivity contribution is 6.02. The second-order valence-electron chi connectivity index (χ2n) is 4.44. The molecule has 0 radical (unpaired) electrons. The zero-order valence-electron chi connectivity index (χ0n) is 9.34. The second kappa shape index (κ2) is 3.45. The van der Waals surface area contributed by atoms with E-state index in [9.17, 15) is 14.7 Å². The maximum Gasteiger partial charge on any atom is 0.324 e. The fraction of sp³-hybridized carbons (Fsp3) is 0.818. The van der Waals surface area contributed by atoms with Crippen molar-refractivity contribution in [2.24, 2.45) is 17.3 Å². The van der Waals surface area contributed by atoms with E-state index >= 15 is 0 Å². The first kappa shape index (κ1) is 11.4. The SMILES string of the molecule is CC.O=C(O)C12CC3CC1C(OC2=O)C3O. The summed E-state index contributed by atoms with van der Waals surface area (Å²) in [7, 11) is 0. The highest BCUT2D eigenvalue weighted by atomic mass is 16.6. The molecule has 2 aliphatic carbocycles. The van der Waals surface area contributed by atoms with E-state index in [-0.39, 0.29) is 18.3 Å². The van der Waals surface area contributed by atoms with Crippen molar-refractivity contribution in [3.8, 4) is 0 Å². The number of hydrogen-bond donors (Lipinski definition) is 2. The molecule has 2 bridgehead atoms. The van der Waals surface area contributed by atoms with Crippen LogP contribution < -0.4 is 0 Å². The topological polar surface area (TPSA) is 83.8 Å². The van der Waals surface area contributed by atoms with Crippen molar-refractivity contribution in [3.63, 3.8) is 0 Å². The van der Waals surface area contributed by atoms with Gasteiger partial charge in [-0.05, 0) is 18.8 Å². The number of fused-ring (bicyclic) bond motifs is 1. The van der Waals surface area contributed by atoms with Gasteiger partial charge < -0.3 is 14.9 Å². The molecule has 2 saturated carbocycles. The number of hydrogen-bond acceptors (Lipinski definition) is 4. The molecule has 3 aliphatic rings. The second-order valence-corrected chi connectivity index (χ2v) is 4.44. The van der Waals surface area contributed by atoms with Gasteiger partial charge in [0.05, 0.1) is 6.10 Å². The number of carboxylic acid groups (broad SMARTS) is 1. The summed E-state index contributed by atoms with van der Waals surface area (Å²) in [4.78, 5) is 22.6. The number of rotatable bonds is 1. The van der Waals surface area contributed by atoms with E-state index in [2.05, 4.69) is 0 Å². The summed E-state index contributed by atoms with van der Waals surface area (Å²) in [6.45, 7) is 4.00. The van der Waals surface area contributed by atoms with E-state index in [0.29, 0.717) is 6.42 Å². The number of carbonyl (C=O) groups is 2. The molecule has 0 aromatic rings. The summed E-state index contributed by atoms with van der Waals surface area (Å²) in [5.41, 5.74) is -1.34. The summed E-state index contributed by atoms with van der Waals surface area (Å²) in [6, 6.07) is 0. The zero-order valence-corrected chi connectivity index (χ0v) is 9.34. The average molecular weight is 228 g/mol. The Hall–Kier alpha value is -1.10. The van der Waals surface area contributed by atoms with E-state index < -0.39 is 29.6 Å². The number of carboxylic acids is 1. The third kappa shape index (κ3) is 1.04. The van der Waals surface area contributed by atoms with Crippen molar-refractivity contribution in [1.82, 2.24) is 0 Å². The van der Waals surface area contributed by atoms with Gasteiger partial charge in [0.25, 0.3) is 0 Å². The Bertz CT molecular complexity index is 339. The van der Waals surface area contributed by atoms with E-state index in [1.165, 1.54) is 0 Å². The maximum absolute atomic E-state index is 11.5. The van der Waals surface area contributed by atoms with Crippen LogP contribution in [0.2, 0.25) is 0 Å². The zero-order chi connectivity index (χ0) is 12.1. The van der Waals surface area contributed by atoms with Crippen molar-refractivity contribution in [1.29, 1.82) is 0 Å². The fourth-order valence-corrected chi connectivity index (χ4v) is 3.31. The lowest BCUT2D eigenvalue weighted by Crippen LogP contribution is -2.43. The Morgan fingerprint density at radius 2 is 2.12 bits per heavy atom. The van der Waals surface area contributed by atoms with Crippen molar-refractivity contribution in [3.05, 3.63) is 0 Å². The molecular formula is C11H16O5. The first-order chi connectivity index (χ1) is 7.57. The van der Waals surface area contributed by atoms with Crippen LogP contribution in [0.3, 0.4) is 0 Å². The first-order valence-corrected chi connectivity index (χ1v) is 5.70. The van der Waals surface area contributed by atoms with Gasteiger partial charge in [-0.2, -0.15) is 0 Å². The van der Waals surface area contributed by atoms with E-state index in [4.69, 9.17) is 9.84 Å². The van der Waals surface area contributed by atoms with Crippen LogP contribution in [0.25, 0.3) is 0 Å². The van der Waals surface area contributed by atoms with Gasteiger partial charge in [-0.15, -0.1) is 0 Å². The summed E-state index contributed by atoms with van der Waals surface area (Å²) >= 11 is 0. The lowest BCUT2D eigenvalue weighted by atomic mass is 9.73. The molecule has 5 nitrogen and oxygen atoms in total. The smallest absolute Gasteiger partial charge is 0.324 e. The molecule has 90 valence electrons. The monoisotopic (exact) mass is 228 g/mol. The molecule has 0 spiro atoms. The van der Waals surface area contributed by atoms with Crippen LogP contribution in [0.4, 0.5) is 0 Å². The van der Waals surface area contributed by atoms with Crippen LogP contribution in [-0.2, 0) is 14.3 Å². The normalized spacial score (nSPS) is 47.3. The minimum Gasteiger partial charge on any atom is -0.480 e. The van der Waals surface area contributed by atoms with Crippen LogP contribution in [-0.4, -0.2) is 34.4 Å². The largest absolute Gasteiger partial charge is 0.480 e. The molecule has 0 aromatic carbocycles. The lowest BCUT2D eigenvalue weighted by Gasteiger charge is -2.25. The highest BCUT2D eigenvalue weighted by Crippen LogP contribution is 2.61. The van der Waals surface area contributed by atoms with Crippen molar-refractivity contribution >= 4 is 11.9 Å². The predicted molar refractivity (Wildman–Crippen MR) is 53.5 cm³/mol. The molecule has 1 saturated heterocycles. The van der Waals surface area contributed by atoms with E-state index in [0.717, 1.165) is 0 Å². The van der Waals surface area contributed by atoms with Gasteiger partial charge in [0.2, 0.25) is 0 Å². The molecule has 2 N–H and O–H groups in total. The Balaban J connectivity index is 0.000000457. The number of aliphatic carboxylic acids is 1. The minimum atomic E-state index is -1.34. The van der Waals surface area contributed by atoms with Crippen LogP contribution in [0.1, 0.15) is 26.7 Å². The maximum atomic E-state index is 11.5. The van der Waals surface area contributed by atoms with Crippen LogP contribution in [0.5, 0.6) is 0 Å². The molecular weight excluding hydrogens is 212 g/mol. The predicted octanol–water partition coefficient (Wildman–Crippen LogP) is 0.410. The summed E-state index contributed by atoms with van der Waals surface area (Å²) < 4.78 is 4.95. The van der Waals surface area contributed by atoms with Crippen molar-refractivity contribution in [2.45, 2.75) is 38.9 Å². The number of aliphatic hydroxyl groups is 1. The van der Waals surface area contributed by atoms with Gasteiger partial charge in [0.1, 0.15) is 6.10 Å². The average Bonchev–Trinajstić information content (AvgIpc) is 2.84. The molecule has 5 unspecified atom stereocenters. The summed E-state index contributed by atoms with van der Waals surface area (Å²) in [5.74, 6) is -2.14. The van der Waals surface area contributed by atoms with E-state index in [1.54, 1.807) is 0 Å². The molecule has 3 fully saturated rings. The highest BCUT2D eigenvalue weighted by Gasteiger charge is 2.73. The third-order valence-corrected chi connectivity index (χ3v) is 3.98. The van der Waals surface area contributed by atoms with Gasteiger partial charge >= 0.3 is 11.9 Å². The van der Waals surface area contributed by atoms with Crippen LogP contribution >= 0.6 is 0 Å². The third-order valence-electron chi connectivity index (χ3n) is 3.98. The summed E-state index contributed by atoms with van der Waals surface area (Å²) in [5, 5.41) is 18.7. The molecule has 16 heavy (non-hydrogen) atoms. The van der Waals surface area contributed by atoms with Crippen LogP contribution in [0.15, 0.2) is 0 Å². The molecule has 5 atom stereocenters. The molecule has 0 aromatic heterocycles. The Morgan fingerprint density at radius 1 is 1.50 bits per heavy atom. The van der Waals surface area contributed by atoms with Crippen molar-refractivity contribution in [2.75, 3.05) is 0 Å². The van der Waals surface area contributed by atoms with Gasteiger partial charge in [0.15, 0.2) is 5.41 Å². The van der Waals surface area contributed by atoms with Crippen molar-refractivity contribution < 1.29 is 24.5 Å². The van der Waals surface area contributed by atoms with Gasteiger partial charge in [0, 0.05) is 5.92 Å². The first-order valence-electron chi connectivity index (χ1n) is 5.70. The fourth-order valence-electron chi connectivity index (χ4n) is 3.31. The van der Waals surface area contributed by atoms with Gasteiger partial charge in [-0.1, -0.05) is 13.8 Å². The Labute approximate surface area is 93.4 Å². The van der Waals surface area contributed by atoms with Gasteiger partial charge in [-0.25, -0.2) is 0 Å². The number of ether oxygens (including phenoxy) is 1. The number of esters is 1. The number of carbonyl (C=O) groups excluding carboxylic acids is 1. The number of aliphatic hydroxyl groups excluding tert-OH is 1. The molecule has 3 rings (SSSR count).